The van der Waals surface area contributed by atoms with E-state index in [-0.39, 0.29) is 18.6 Å². The molecule has 0 radical (unpaired) electrons. The van der Waals surface area contributed by atoms with Crippen LogP contribution in [0.25, 0.3) is 0 Å². The minimum atomic E-state index is -0.943. The molecule has 5 heteroatoms. The number of rotatable bonds is 8. The van der Waals surface area contributed by atoms with Gasteiger partial charge in [-0.3, -0.25) is 9.59 Å². The van der Waals surface area contributed by atoms with Gasteiger partial charge in [0.25, 0.3) is 0 Å². The summed E-state index contributed by atoms with van der Waals surface area (Å²) in [5.41, 5.74) is 0.685. The fourth-order valence-electron chi connectivity index (χ4n) is 2.95. The van der Waals surface area contributed by atoms with Crippen molar-refractivity contribution in [2.24, 2.45) is 0 Å². The standard InChI is InChI=1S/C18H25NO4/c1-2-16(23-14-10-6-7-11-14)17(20)19-12-15(18(21)22)13-8-4-3-5-9-13/h3-5,8-9,14-16H,2,6-7,10-12H2,1H3,(H,19,20)(H,21,22). The summed E-state index contributed by atoms with van der Waals surface area (Å²) >= 11 is 0. The molecule has 0 heterocycles. The lowest BCUT2D eigenvalue weighted by molar-refractivity contribution is -0.140. The third kappa shape index (κ3) is 5.06. The third-order valence-corrected chi connectivity index (χ3v) is 4.30. The van der Waals surface area contributed by atoms with Crippen LogP contribution in [-0.4, -0.2) is 35.7 Å². The number of carbonyl (C=O) groups is 2. The summed E-state index contributed by atoms with van der Waals surface area (Å²) in [4.78, 5) is 23.7. The van der Waals surface area contributed by atoms with Gasteiger partial charge < -0.3 is 15.2 Å². The van der Waals surface area contributed by atoms with Gasteiger partial charge in [-0.05, 0) is 24.8 Å². The van der Waals surface area contributed by atoms with Crippen LogP contribution in [0.5, 0.6) is 0 Å². The Balaban J connectivity index is 1.90. The second-order valence-electron chi connectivity index (χ2n) is 5.99. The van der Waals surface area contributed by atoms with Gasteiger partial charge in [0.15, 0.2) is 0 Å². The maximum absolute atomic E-state index is 12.3. The molecule has 23 heavy (non-hydrogen) atoms. The van der Waals surface area contributed by atoms with Crippen molar-refractivity contribution in [1.82, 2.24) is 5.32 Å². The second-order valence-corrected chi connectivity index (χ2v) is 5.99. The number of hydrogen-bond acceptors (Lipinski definition) is 3. The minimum absolute atomic E-state index is 0.0721. The number of carbonyl (C=O) groups excluding carboxylic acids is 1. The van der Waals surface area contributed by atoms with Gasteiger partial charge in [-0.15, -0.1) is 0 Å². The highest BCUT2D eigenvalue weighted by molar-refractivity contribution is 5.82. The van der Waals surface area contributed by atoms with E-state index < -0.39 is 18.0 Å². The zero-order valence-electron chi connectivity index (χ0n) is 13.5. The Morgan fingerprint density at radius 3 is 2.48 bits per heavy atom. The first kappa shape index (κ1) is 17.5. The van der Waals surface area contributed by atoms with Crippen LogP contribution >= 0.6 is 0 Å². The molecular weight excluding hydrogens is 294 g/mol. The van der Waals surface area contributed by atoms with E-state index in [2.05, 4.69) is 5.32 Å². The number of aliphatic carboxylic acids is 1. The predicted molar refractivity (Wildman–Crippen MR) is 87.2 cm³/mol. The Kier molecular flexibility index (Phi) is 6.59. The molecule has 1 aromatic rings. The molecule has 0 saturated heterocycles. The molecule has 2 atom stereocenters. The number of carboxylic acid groups (broad SMARTS) is 1. The van der Waals surface area contributed by atoms with Crippen LogP contribution in [0.1, 0.15) is 50.5 Å². The molecule has 0 spiro atoms. The summed E-state index contributed by atoms with van der Waals surface area (Å²) in [5, 5.41) is 12.1. The van der Waals surface area contributed by atoms with Gasteiger partial charge in [-0.25, -0.2) is 0 Å². The lowest BCUT2D eigenvalue weighted by atomic mass is 9.99. The second kappa shape index (κ2) is 8.67. The van der Waals surface area contributed by atoms with Crippen LogP contribution in [0.3, 0.4) is 0 Å². The van der Waals surface area contributed by atoms with E-state index in [9.17, 15) is 14.7 Å². The maximum Gasteiger partial charge on any atom is 0.312 e. The van der Waals surface area contributed by atoms with Crippen molar-refractivity contribution in [2.75, 3.05) is 6.54 Å². The van der Waals surface area contributed by atoms with E-state index in [1.54, 1.807) is 24.3 Å². The Hall–Kier alpha value is -1.88. The molecule has 0 aliphatic heterocycles. The first-order valence-corrected chi connectivity index (χ1v) is 8.32. The number of carboxylic acids is 1. The summed E-state index contributed by atoms with van der Waals surface area (Å²) in [5.74, 6) is -1.91. The topological polar surface area (TPSA) is 75.6 Å². The van der Waals surface area contributed by atoms with Crippen molar-refractivity contribution in [3.05, 3.63) is 35.9 Å². The first-order chi connectivity index (χ1) is 11.1. The van der Waals surface area contributed by atoms with Gasteiger partial charge in [-0.2, -0.15) is 0 Å². The molecule has 2 unspecified atom stereocenters. The van der Waals surface area contributed by atoms with Gasteiger partial charge in [0, 0.05) is 6.54 Å². The van der Waals surface area contributed by atoms with Crippen molar-refractivity contribution < 1.29 is 19.4 Å². The quantitative estimate of drug-likeness (QED) is 0.772. The number of benzene rings is 1. The molecule has 5 nitrogen and oxygen atoms in total. The van der Waals surface area contributed by atoms with Crippen molar-refractivity contribution in [3.8, 4) is 0 Å². The molecule has 1 fully saturated rings. The number of ether oxygens (including phenoxy) is 1. The van der Waals surface area contributed by atoms with E-state index in [0.29, 0.717) is 12.0 Å². The fourth-order valence-corrected chi connectivity index (χ4v) is 2.95. The summed E-state index contributed by atoms with van der Waals surface area (Å²) < 4.78 is 5.86. The predicted octanol–water partition coefficient (Wildman–Crippen LogP) is 2.71. The summed E-state index contributed by atoms with van der Waals surface area (Å²) in [6, 6.07) is 8.95. The van der Waals surface area contributed by atoms with Crippen molar-refractivity contribution in [2.45, 2.75) is 57.2 Å². The van der Waals surface area contributed by atoms with Crippen LogP contribution in [0, 0.1) is 0 Å². The van der Waals surface area contributed by atoms with Gasteiger partial charge in [-0.1, -0.05) is 50.1 Å². The zero-order valence-corrected chi connectivity index (χ0v) is 13.5. The van der Waals surface area contributed by atoms with Gasteiger partial charge in [0.2, 0.25) is 5.91 Å². The highest BCUT2D eigenvalue weighted by Crippen LogP contribution is 2.23. The van der Waals surface area contributed by atoms with Gasteiger partial charge in [0.1, 0.15) is 6.10 Å². The van der Waals surface area contributed by atoms with Gasteiger partial charge >= 0.3 is 5.97 Å². The first-order valence-electron chi connectivity index (χ1n) is 8.32. The van der Waals surface area contributed by atoms with Crippen LogP contribution < -0.4 is 5.32 Å². The summed E-state index contributed by atoms with van der Waals surface area (Å²) in [6.07, 6.45) is 4.57. The SMILES string of the molecule is CCC(OC1CCCC1)C(=O)NCC(C(=O)O)c1ccccc1. The Bertz CT molecular complexity index is 511. The minimum Gasteiger partial charge on any atom is -0.481 e. The molecule has 2 rings (SSSR count). The fraction of sp³-hybridized carbons (Fsp3) is 0.556. The smallest absolute Gasteiger partial charge is 0.312 e. The van der Waals surface area contributed by atoms with E-state index in [4.69, 9.17) is 4.74 Å². The average Bonchev–Trinajstić information content (AvgIpc) is 3.06. The lowest BCUT2D eigenvalue weighted by Crippen LogP contribution is -2.40. The van der Waals surface area contributed by atoms with E-state index in [0.717, 1.165) is 25.7 Å². The van der Waals surface area contributed by atoms with Crippen LogP contribution in [0.4, 0.5) is 0 Å². The highest BCUT2D eigenvalue weighted by atomic mass is 16.5. The number of amides is 1. The molecular formula is C18H25NO4. The van der Waals surface area contributed by atoms with Gasteiger partial charge in [0.05, 0.1) is 12.0 Å². The highest BCUT2D eigenvalue weighted by Gasteiger charge is 2.26. The monoisotopic (exact) mass is 319 g/mol. The molecule has 1 aromatic carbocycles. The Labute approximate surface area is 137 Å². The van der Waals surface area contributed by atoms with E-state index >= 15 is 0 Å². The van der Waals surface area contributed by atoms with Crippen molar-refractivity contribution >= 4 is 11.9 Å². The molecule has 1 aliphatic carbocycles. The Morgan fingerprint density at radius 1 is 1.26 bits per heavy atom. The van der Waals surface area contributed by atoms with Crippen LogP contribution in [0.2, 0.25) is 0 Å². The van der Waals surface area contributed by atoms with Crippen LogP contribution in [-0.2, 0) is 14.3 Å². The number of hydrogen-bond donors (Lipinski definition) is 2. The summed E-state index contributed by atoms with van der Waals surface area (Å²) in [6.45, 7) is 1.98. The molecule has 126 valence electrons. The zero-order chi connectivity index (χ0) is 16.7. The molecule has 1 aliphatic rings. The summed E-state index contributed by atoms with van der Waals surface area (Å²) in [7, 11) is 0. The van der Waals surface area contributed by atoms with Crippen LogP contribution in [0.15, 0.2) is 30.3 Å². The van der Waals surface area contributed by atoms with Crippen molar-refractivity contribution in [3.63, 3.8) is 0 Å². The molecule has 1 saturated carbocycles. The third-order valence-electron chi connectivity index (χ3n) is 4.30. The largest absolute Gasteiger partial charge is 0.481 e. The lowest BCUT2D eigenvalue weighted by Gasteiger charge is -2.21. The molecule has 0 bridgehead atoms. The average molecular weight is 319 g/mol. The normalized spacial score (nSPS) is 17.6. The Morgan fingerprint density at radius 2 is 1.91 bits per heavy atom. The van der Waals surface area contributed by atoms with E-state index in [1.165, 1.54) is 0 Å². The van der Waals surface area contributed by atoms with Crippen molar-refractivity contribution in [1.29, 1.82) is 0 Å². The molecule has 0 aromatic heterocycles. The molecule has 1 amide bonds. The maximum atomic E-state index is 12.3. The number of nitrogens with one attached hydrogen (secondary N) is 1. The van der Waals surface area contributed by atoms with E-state index in [1.807, 2.05) is 13.0 Å². The molecule has 2 N–H and O–H groups in total.